The van der Waals surface area contributed by atoms with E-state index < -0.39 is 0 Å². The van der Waals surface area contributed by atoms with Crippen molar-refractivity contribution in [2.75, 3.05) is 0 Å². The van der Waals surface area contributed by atoms with E-state index in [1.165, 1.54) is 0 Å². The molecule has 0 N–H and O–H groups in total. The molecular weight excluding hydrogens is 166 g/mol. The molecule has 4 heteroatoms. The molecule has 0 aliphatic heterocycles. The molecule has 0 radical (unpaired) electrons. The summed E-state index contributed by atoms with van der Waals surface area (Å²) in [7, 11) is 0. The van der Waals surface area contributed by atoms with E-state index in [-0.39, 0.29) is 0 Å². The third-order valence-electron chi connectivity index (χ3n) is 1.67. The molecule has 0 saturated heterocycles. The minimum atomic E-state index is 0.544. The van der Waals surface area contributed by atoms with Crippen LogP contribution in [-0.2, 0) is 0 Å². The van der Waals surface area contributed by atoms with Crippen LogP contribution < -0.4 is 0 Å². The van der Waals surface area contributed by atoms with Gasteiger partial charge in [0.25, 0.3) is 5.89 Å². The van der Waals surface area contributed by atoms with Gasteiger partial charge in [0.15, 0.2) is 5.82 Å². The molecule has 0 aliphatic carbocycles. The van der Waals surface area contributed by atoms with Crippen LogP contribution >= 0.6 is 0 Å². The fourth-order valence-electron chi connectivity index (χ4n) is 1.09. The molecular formula is C9H9N3O. The molecule has 2 aromatic rings. The minimum absolute atomic E-state index is 0.544. The summed E-state index contributed by atoms with van der Waals surface area (Å²) in [5.41, 5.74) is 1.85. The number of aryl methyl sites for hydroxylation is 2. The molecule has 2 aromatic heterocycles. The standard InChI is InChI=1S/C9H9N3O/c1-6-5-8(3-4-10-6)9-11-7(2)12-13-9/h3-5H,1-2H3. The van der Waals surface area contributed by atoms with Crippen LogP contribution in [0.25, 0.3) is 11.5 Å². The van der Waals surface area contributed by atoms with Crippen molar-refractivity contribution in [3.8, 4) is 11.5 Å². The van der Waals surface area contributed by atoms with Crippen molar-refractivity contribution in [2.24, 2.45) is 0 Å². The van der Waals surface area contributed by atoms with Gasteiger partial charge in [-0.3, -0.25) is 4.98 Å². The lowest BCUT2D eigenvalue weighted by molar-refractivity contribution is 0.425. The van der Waals surface area contributed by atoms with E-state index in [0.29, 0.717) is 11.7 Å². The molecule has 0 aliphatic rings. The van der Waals surface area contributed by atoms with E-state index in [4.69, 9.17) is 4.52 Å². The molecule has 13 heavy (non-hydrogen) atoms. The monoisotopic (exact) mass is 175 g/mol. The SMILES string of the molecule is Cc1cc(-c2nc(C)no2)ccn1. The molecule has 66 valence electrons. The van der Waals surface area contributed by atoms with Crippen LogP contribution in [0.15, 0.2) is 22.9 Å². The zero-order valence-corrected chi connectivity index (χ0v) is 7.48. The number of pyridine rings is 1. The van der Waals surface area contributed by atoms with E-state index in [0.717, 1.165) is 11.3 Å². The number of hydrogen-bond donors (Lipinski definition) is 0. The number of nitrogens with zero attached hydrogens (tertiary/aromatic N) is 3. The minimum Gasteiger partial charge on any atom is -0.334 e. The van der Waals surface area contributed by atoms with Crippen molar-refractivity contribution in [3.05, 3.63) is 29.8 Å². The van der Waals surface area contributed by atoms with Crippen molar-refractivity contribution in [1.82, 2.24) is 15.1 Å². The second-order valence-electron chi connectivity index (χ2n) is 2.83. The average molecular weight is 175 g/mol. The van der Waals surface area contributed by atoms with E-state index in [2.05, 4.69) is 15.1 Å². The average Bonchev–Trinajstić information content (AvgIpc) is 2.52. The van der Waals surface area contributed by atoms with Gasteiger partial charge < -0.3 is 4.52 Å². The first kappa shape index (κ1) is 7.91. The van der Waals surface area contributed by atoms with Gasteiger partial charge >= 0.3 is 0 Å². The Morgan fingerprint density at radius 2 is 2.15 bits per heavy atom. The van der Waals surface area contributed by atoms with Gasteiger partial charge in [0.2, 0.25) is 0 Å². The van der Waals surface area contributed by atoms with Gasteiger partial charge in [-0.2, -0.15) is 4.98 Å². The summed E-state index contributed by atoms with van der Waals surface area (Å²) in [6.07, 6.45) is 1.73. The fourth-order valence-corrected chi connectivity index (χ4v) is 1.09. The Hall–Kier alpha value is -1.71. The molecule has 2 rings (SSSR count). The maximum absolute atomic E-state index is 5.02. The van der Waals surface area contributed by atoms with Gasteiger partial charge in [-0.1, -0.05) is 5.16 Å². The van der Waals surface area contributed by atoms with Crippen LogP contribution in [0.1, 0.15) is 11.5 Å². The van der Waals surface area contributed by atoms with E-state index >= 15 is 0 Å². The Morgan fingerprint density at radius 3 is 2.77 bits per heavy atom. The summed E-state index contributed by atoms with van der Waals surface area (Å²) >= 11 is 0. The first-order chi connectivity index (χ1) is 6.25. The largest absolute Gasteiger partial charge is 0.334 e. The third-order valence-corrected chi connectivity index (χ3v) is 1.67. The Morgan fingerprint density at radius 1 is 1.31 bits per heavy atom. The lowest BCUT2D eigenvalue weighted by atomic mass is 10.2. The molecule has 0 saturated carbocycles. The van der Waals surface area contributed by atoms with Crippen LogP contribution in [0.4, 0.5) is 0 Å². The summed E-state index contributed by atoms with van der Waals surface area (Å²) in [6, 6.07) is 3.76. The molecule has 0 aromatic carbocycles. The van der Waals surface area contributed by atoms with Crippen molar-refractivity contribution in [1.29, 1.82) is 0 Å². The van der Waals surface area contributed by atoms with E-state index in [9.17, 15) is 0 Å². The highest BCUT2D eigenvalue weighted by molar-refractivity contribution is 5.52. The maximum atomic E-state index is 5.02. The highest BCUT2D eigenvalue weighted by atomic mass is 16.5. The first-order valence-corrected chi connectivity index (χ1v) is 3.99. The molecule has 0 fully saturated rings. The van der Waals surface area contributed by atoms with Crippen molar-refractivity contribution >= 4 is 0 Å². The predicted molar refractivity (Wildman–Crippen MR) is 47.0 cm³/mol. The molecule has 4 nitrogen and oxygen atoms in total. The second-order valence-corrected chi connectivity index (χ2v) is 2.83. The van der Waals surface area contributed by atoms with Crippen molar-refractivity contribution in [2.45, 2.75) is 13.8 Å². The number of hydrogen-bond acceptors (Lipinski definition) is 4. The summed E-state index contributed by atoms with van der Waals surface area (Å²) in [4.78, 5) is 8.20. The van der Waals surface area contributed by atoms with Crippen LogP contribution in [0, 0.1) is 13.8 Å². The predicted octanol–water partition coefficient (Wildman–Crippen LogP) is 1.75. The molecule has 0 amide bonds. The smallest absolute Gasteiger partial charge is 0.258 e. The van der Waals surface area contributed by atoms with Crippen LogP contribution in [0.5, 0.6) is 0 Å². The maximum Gasteiger partial charge on any atom is 0.258 e. The zero-order valence-electron chi connectivity index (χ0n) is 7.48. The Bertz CT molecular complexity index is 422. The highest BCUT2D eigenvalue weighted by Crippen LogP contribution is 2.16. The van der Waals surface area contributed by atoms with Gasteiger partial charge in [0.05, 0.1) is 0 Å². The van der Waals surface area contributed by atoms with Gasteiger partial charge in [-0.05, 0) is 26.0 Å². The molecule has 0 bridgehead atoms. The molecule has 2 heterocycles. The quantitative estimate of drug-likeness (QED) is 0.662. The highest BCUT2D eigenvalue weighted by Gasteiger charge is 2.05. The molecule has 0 unspecified atom stereocenters. The van der Waals surface area contributed by atoms with Crippen LogP contribution in [-0.4, -0.2) is 15.1 Å². The van der Waals surface area contributed by atoms with Gasteiger partial charge in [-0.15, -0.1) is 0 Å². The Labute approximate surface area is 75.6 Å². The Kier molecular flexibility index (Phi) is 1.81. The summed E-state index contributed by atoms with van der Waals surface area (Å²) in [5, 5.41) is 3.72. The van der Waals surface area contributed by atoms with E-state index in [1.807, 2.05) is 19.1 Å². The normalized spacial score (nSPS) is 10.3. The Balaban J connectivity index is 2.46. The zero-order chi connectivity index (χ0) is 9.26. The van der Waals surface area contributed by atoms with E-state index in [1.54, 1.807) is 13.1 Å². The second kappa shape index (κ2) is 2.97. The van der Waals surface area contributed by atoms with Crippen molar-refractivity contribution in [3.63, 3.8) is 0 Å². The summed E-state index contributed by atoms with van der Waals surface area (Å²) in [5.74, 6) is 1.19. The third kappa shape index (κ3) is 1.56. The lowest BCUT2D eigenvalue weighted by Gasteiger charge is -1.93. The fraction of sp³-hybridized carbons (Fsp3) is 0.222. The summed E-state index contributed by atoms with van der Waals surface area (Å²) in [6.45, 7) is 3.72. The first-order valence-electron chi connectivity index (χ1n) is 3.99. The van der Waals surface area contributed by atoms with Crippen LogP contribution in [0.3, 0.4) is 0 Å². The van der Waals surface area contributed by atoms with Crippen molar-refractivity contribution < 1.29 is 4.52 Å². The molecule has 0 spiro atoms. The molecule has 0 atom stereocenters. The number of rotatable bonds is 1. The van der Waals surface area contributed by atoms with Gasteiger partial charge in [0, 0.05) is 17.5 Å². The number of aromatic nitrogens is 3. The lowest BCUT2D eigenvalue weighted by Crippen LogP contribution is -1.82. The topological polar surface area (TPSA) is 51.8 Å². The summed E-state index contributed by atoms with van der Waals surface area (Å²) < 4.78 is 5.02. The van der Waals surface area contributed by atoms with Gasteiger partial charge in [0.1, 0.15) is 0 Å². The van der Waals surface area contributed by atoms with Gasteiger partial charge in [-0.25, -0.2) is 0 Å². The van der Waals surface area contributed by atoms with Crippen LogP contribution in [0.2, 0.25) is 0 Å².